The van der Waals surface area contributed by atoms with Crippen molar-refractivity contribution in [3.63, 3.8) is 0 Å². The number of rotatable bonds is 3. The summed E-state index contributed by atoms with van der Waals surface area (Å²) < 4.78 is 0. The lowest BCUT2D eigenvalue weighted by molar-refractivity contribution is 0.166. The standard InChI is InChI=1S/C16H31N/c1-12-8-7-9-13(2)16(12)17-14(3)15-10-5-4-6-11-15/h12-17H,4-11H2,1-3H3. The first-order valence-electron chi connectivity index (χ1n) is 7.94. The quantitative estimate of drug-likeness (QED) is 0.768. The van der Waals surface area contributed by atoms with Gasteiger partial charge in [-0.15, -0.1) is 0 Å². The Kier molecular flexibility index (Phi) is 4.90. The van der Waals surface area contributed by atoms with Gasteiger partial charge in [-0.25, -0.2) is 0 Å². The number of nitrogens with one attached hydrogen (secondary N) is 1. The summed E-state index contributed by atoms with van der Waals surface area (Å²) in [5.41, 5.74) is 0. The van der Waals surface area contributed by atoms with Gasteiger partial charge in [0.1, 0.15) is 0 Å². The van der Waals surface area contributed by atoms with Crippen LogP contribution in [0.5, 0.6) is 0 Å². The van der Waals surface area contributed by atoms with Crippen LogP contribution in [0.15, 0.2) is 0 Å². The van der Waals surface area contributed by atoms with Crippen LogP contribution in [-0.2, 0) is 0 Å². The van der Waals surface area contributed by atoms with Gasteiger partial charge in [-0.2, -0.15) is 0 Å². The third kappa shape index (κ3) is 3.47. The van der Waals surface area contributed by atoms with E-state index in [1.165, 1.54) is 51.4 Å². The third-order valence-corrected chi connectivity index (χ3v) is 5.36. The number of hydrogen-bond acceptors (Lipinski definition) is 1. The van der Waals surface area contributed by atoms with E-state index in [2.05, 4.69) is 26.1 Å². The van der Waals surface area contributed by atoms with Crippen LogP contribution in [0.4, 0.5) is 0 Å². The average Bonchev–Trinajstić information content (AvgIpc) is 2.35. The van der Waals surface area contributed by atoms with E-state index in [1.807, 2.05) is 0 Å². The summed E-state index contributed by atoms with van der Waals surface area (Å²) in [7, 11) is 0. The van der Waals surface area contributed by atoms with E-state index in [4.69, 9.17) is 0 Å². The minimum atomic E-state index is 0.739. The Morgan fingerprint density at radius 1 is 0.824 bits per heavy atom. The summed E-state index contributed by atoms with van der Waals surface area (Å²) in [5.74, 6) is 2.71. The second-order valence-corrected chi connectivity index (χ2v) is 6.76. The van der Waals surface area contributed by atoms with Crippen molar-refractivity contribution in [3.8, 4) is 0 Å². The van der Waals surface area contributed by atoms with Gasteiger partial charge in [-0.05, 0) is 50.4 Å². The van der Waals surface area contributed by atoms with E-state index in [0.717, 1.165) is 29.8 Å². The molecule has 2 aliphatic carbocycles. The van der Waals surface area contributed by atoms with Crippen LogP contribution in [0.3, 0.4) is 0 Å². The molecule has 0 aliphatic heterocycles. The van der Waals surface area contributed by atoms with Crippen molar-refractivity contribution in [2.75, 3.05) is 0 Å². The van der Waals surface area contributed by atoms with Crippen molar-refractivity contribution in [3.05, 3.63) is 0 Å². The molecule has 3 unspecified atom stereocenters. The molecular formula is C16H31N. The first-order chi connectivity index (χ1) is 8.18. The second-order valence-electron chi connectivity index (χ2n) is 6.76. The lowest BCUT2D eigenvalue weighted by Gasteiger charge is -2.40. The molecule has 2 rings (SSSR count). The van der Waals surface area contributed by atoms with Crippen molar-refractivity contribution in [1.29, 1.82) is 0 Å². The van der Waals surface area contributed by atoms with E-state index < -0.39 is 0 Å². The molecule has 0 saturated heterocycles. The van der Waals surface area contributed by atoms with Gasteiger partial charge in [0.05, 0.1) is 0 Å². The van der Waals surface area contributed by atoms with Crippen molar-refractivity contribution in [1.82, 2.24) is 5.32 Å². The van der Waals surface area contributed by atoms with Gasteiger partial charge in [0.15, 0.2) is 0 Å². The molecule has 2 aliphatic rings. The van der Waals surface area contributed by atoms with Crippen molar-refractivity contribution in [2.24, 2.45) is 17.8 Å². The van der Waals surface area contributed by atoms with Gasteiger partial charge in [0, 0.05) is 12.1 Å². The lowest BCUT2D eigenvalue weighted by atomic mass is 9.77. The van der Waals surface area contributed by atoms with Crippen LogP contribution in [0.2, 0.25) is 0 Å². The zero-order chi connectivity index (χ0) is 12.3. The normalized spacial score (nSPS) is 37.9. The molecule has 0 heterocycles. The molecule has 3 atom stereocenters. The minimum Gasteiger partial charge on any atom is -0.311 e. The molecule has 0 spiro atoms. The van der Waals surface area contributed by atoms with Crippen LogP contribution in [-0.4, -0.2) is 12.1 Å². The SMILES string of the molecule is CC1CCCC(C)C1NC(C)C1CCCCC1. The van der Waals surface area contributed by atoms with Crippen LogP contribution in [0, 0.1) is 17.8 Å². The fourth-order valence-corrected chi connectivity index (χ4v) is 4.08. The molecule has 0 aromatic heterocycles. The molecule has 0 radical (unpaired) electrons. The molecule has 1 N–H and O–H groups in total. The zero-order valence-electron chi connectivity index (χ0n) is 12.0. The average molecular weight is 237 g/mol. The van der Waals surface area contributed by atoms with Crippen molar-refractivity contribution >= 4 is 0 Å². The molecule has 0 amide bonds. The molecule has 2 fully saturated rings. The van der Waals surface area contributed by atoms with Crippen LogP contribution < -0.4 is 5.32 Å². The summed E-state index contributed by atoms with van der Waals surface area (Å²) >= 11 is 0. The van der Waals surface area contributed by atoms with Gasteiger partial charge < -0.3 is 5.32 Å². The zero-order valence-corrected chi connectivity index (χ0v) is 12.0. The van der Waals surface area contributed by atoms with Crippen LogP contribution >= 0.6 is 0 Å². The highest BCUT2D eigenvalue weighted by Crippen LogP contribution is 2.31. The maximum absolute atomic E-state index is 3.99. The Bertz CT molecular complexity index is 210. The van der Waals surface area contributed by atoms with Crippen LogP contribution in [0.1, 0.15) is 72.1 Å². The summed E-state index contributed by atoms with van der Waals surface area (Å²) in [6.07, 6.45) is 11.6. The Morgan fingerprint density at radius 3 is 2.00 bits per heavy atom. The summed E-state index contributed by atoms with van der Waals surface area (Å²) in [4.78, 5) is 0. The monoisotopic (exact) mass is 237 g/mol. The summed E-state index contributed by atoms with van der Waals surface area (Å²) in [5, 5.41) is 3.99. The van der Waals surface area contributed by atoms with Gasteiger partial charge in [-0.3, -0.25) is 0 Å². The Hall–Kier alpha value is -0.0400. The van der Waals surface area contributed by atoms with Crippen molar-refractivity contribution in [2.45, 2.75) is 84.2 Å². The smallest absolute Gasteiger partial charge is 0.0121 e. The van der Waals surface area contributed by atoms with E-state index in [9.17, 15) is 0 Å². The second kappa shape index (κ2) is 6.22. The third-order valence-electron chi connectivity index (χ3n) is 5.36. The highest BCUT2D eigenvalue weighted by molar-refractivity contribution is 4.87. The van der Waals surface area contributed by atoms with E-state index in [-0.39, 0.29) is 0 Å². The Morgan fingerprint density at radius 2 is 1.41 bits per heavy atom. The topological polar surface area (TPSA) is 12.0 Å². The molecule has 1 nitrogen and oxygen atoms in total. The summed E-state index contributed by atoms with van der Waals surface area (Å²) in [6, 6.07) is 1.52. The lowest BCUT2D eigenvalue weighted by Crippen LogP contribution is -2.49. The fraction of sp³-hybridized carbons (Fsp3) is 1.00. The molecule has 0 aromatic rings. The van der Waals surface area contributed by atoms with Crippen molar-refractivity contribution < 1.29 is 0 Å². The largest absolute Gasteiger partial charge is 0.311 e. The minimum absolute atomic E-state index is 0.739. The molecule has 100 valence electrons. The number of hydrogen-bond donors (Lipinski definition) is 1. The van der Waals surface area contributed by atoms with E-state index in [0.29, 0.717) is 0 Å². The molecule has 17 heavy (non-hydrogen) atoms. The maximum atomic E-state index is 3.99. The Balaban J connectivity index is 1.85. The summed E-state index contributed by atoms with van der Waals surface area (Å²) in [6.45, 7) is 7.33. The van der Waals surface area contributed by atoms with E-state index in [1.54, 1.807) is 0 Å². The highest BCUT2D eigenvalue weighted by atomic mass is 15.0. The van der Waals surface area contributed by atoms with Gasteiger partial charge in [-0.1, -0.05) is 39.5 Å². The molecule has 0 bridgehead atoms. The van der Waals surface area contributed by atoms with E-state index >= 15 is 0 Å². The first-order valence-corrected chi connectivity index (χ1v) is 7.94. The van der Waals surface area contributed by atoms with Crippen LogP contribution in [0.25, 0.3) is 0 Å². The fourth-order valence-electron chi connectivity index (χ4n) is 4.08. The van der Waals surface area contributed by atoms with Gasteiger partial charge in [0.25, 0.3) is 0 Å². The molecule has 2 saturated carbocycles. The molecular weight excluding hydrogens is 206 g/mol. The first kappa shape index (κ1) is 13.4. The van der Waals surface area contributed by atoms with Gasteiger partial charge >= 0.3 is 0 Å². The molecule has 0 aromatic carbocycles. The highest BCUT2D eigenvalue weighted by Gasteiger charge is 2.30. The predicted octanol–water partition coefficient (Wildman–Crippen LogP) is 4.37. The molecule has 1 heteroatoms. The van der Waals surface area contributed by atoms with Gasteiger partial charge in [0.2, 0.25) is 0 Å². The Labute approximate surface area is 108 Å². The maximum Gasteiger partial charge on any atom is 0.0121 e. The predicted molar refractivity (Wildman–Crippen MR) is 75.1 cm³/mol.